The average molecular weight is 535 g/mol. The Morgan fingerprint density at radius 1 is 0.694 bits per heavy atom. The molecule has 1 aliphatic rings. The highest BCUT2D eigenvalue weighted by Crippen LogP contribution is 2.34. The fraction of sp³-hybridized carbons (Fsp3) is 0.792. The topological polar surface area (TPSA) is 141 Å². The van der Waals surface area contributed by atoms with Crippen molar-refractivity contribution in [3.8, 4) is 0 Å². The van der Waals surface area contributed by atoms with E-state index < -0.39 is 53.7 Å². The summed E-state index contributed by atoms with van der Waals surface area (Å²) in [5.41, 5.74) is -0.745. The van der Waals surface area contributed by atoms with Crippen LogP contribution in [0.3, 0.4) is 0 Å². The second kappa shape index (κ2) is 17.2. The number of rotatable bonds is 15. The maximum Gasteiger partial charge on any atom is 0.305 e. The van der Waals surface area contributed by atoms with E-state index in [1.807, 2.05) is 0 Å². The van der Waals surface area contributed by atoms with E-state index in [4.69, 9.17) is 23.7 Å². The predicted octanol–water partition coefficient (Wildman–Crippen LogP) is 2.71. The number of ether oxygens (including phenoxy) is 6. The van der Waals surface area contributed by atoms with Gasteiger partial charge < -0.3 is 28.4 Å². The molecule has 206 valence electrons. The lowest BCUT2D eigenvalue weighted by Gasteiger charge is -2.44. The van der Waals surface area contributed by atoms with Gasteiger partial charge in [0.1, 0.15) is 18.1 Å². The average Bonchev–Trinajstić information content (AvgIpc) is 2.79. The molecule has 1 saturated heterocycles. The van der Waals surface area contributed by atoms with E-state index in [-0.39, 0.29) is 12.6 Å². The van der Waals surface area contributed by atoms with Crippen molar-refractivity contribution in [2.75, 3.05) is 19.5 Å². The summed E-state index contributed by atoms with van der Waals surface area (Å²) in [6.45, 7) is 4.60. The number of unbranched alkanes of at least 4 members (excludes halogenated alkanes) is 5. The van der Waals surface area contributed by atoms with E-state index in [1.165, 1.54) is 46.6 Å². The Balaban J connectivity index is 2.80. The molecule has 0 aromatic heterocycles. The van der Waals surface area contributed by atoms with Crippen LogP contribution in [-0.4, -0.2) is 79.2 Å². The molecule has 1 rings (SSSR count). The highest BCUT2D eigenvalue weighted by molar-refractivity contribution is 7.99. The molecule has 11 nitrogen and oxygen atoms in total. The van der Waals surface area contributed by atoms with Crippen LogP contribution in [0.1, 0.15) is 72.6 Å². The van der Waals surface area contributed by atoms with Crippen molar-refractivity contribution in [2.24, 2.45) is 0 Å². The van der Waals surface area contributed by atoms with Crippen LogP contribution in [-0.2, 0) is 52.4 Å². The molecule has 0 spiro atoms. The summed E-state index contributed by atoms with van der Waals surface area (Å²) in [7, 11) is 1.38. The highest BCUT2D eigenvalue weighted by Gasteiger charge is 2.52. The Morgan fingerprint density at radius 2 is 1.22 bits per heavy atom. The molecule has 0 radical (unpaired) electrons. The Morgan fingerprint density at radius 3 is 1.78 bits per heavy atom. The Hall–Kier alpha value is -2.34. The fourth-order valence-electron chi connectivity index (χ4n) is 3.70. The van der Waals surface area contributed by atoms with Crippen LogP contribution in [0.25, 0.3) is 0 Å². The minimum Gasteiger partial charge on any atom is -0.469 e. The Bertz CT molecular complexity index is 742. The quantitative estimate of drug-likeness (QED) is 0.173. The molecule has 0 amide bonds. The minimum atomic E-state index is -1.14. The third-order valence-electron chi connectivity index (χ3n) is 5.23. The summed E-state index contributed by atoms with van der Waals surface area (Å²) in [4.78, 5) is 58.0. The lowest BCUT2D eigenvalue weighted by Crippen LogP contribution is -2.61. The molecule has 0 aliphatic carbocycles. The predicted molar refractivity (Wildman–Crippen MR) is 129 cm³/mol. The first-order valence-electron chi connectivity index (χ1n) is 12.0. The number of carbonyl (C=O) groups is 5. The fourth-order valence-corrected chi connectivity index (χ4v) is 4.93. The summed E-state index contributed by atoms with van der Waals surface area (Å²) >= 11 is 1.38. The van der Waals surface area contributed by atoms with E-state index in [1.54, 1.807) is 0 Å². The van der Waals surface area contributed by atoms with Crippen molar-refractivity contribution in [3.05, 3.63) is 0 Å². The van der Waals surface area contributed by atoms with Crippen molar-refractivity contribution < 1.29 is 52.4 Å². The van der Waals surface area contributed by atoms with Gasteiger partial charge in [0.25, 0.3) is 0 Å². The molecule has 0 bridgehead atoms. The molecule has 36 heavy (non-hydrogen) atoms. The van der Waals surface area contributed by atoms with Gasteiger partial charge in [0.2, 0.25) is 0 Å². The van der Waals surface area contributed by atoms with Gasteiger partial charge in [0.15, 0.2) is 18.3 Å². The Labute approximate surface area is 216 Å². The van der Waals surface area contributed by atoms with Crippen molar-refractivity contribution in [3.63, 3.8) is 0 Å². The van der Waals surface area contributed by atoms with Crippen molar-refractivity contribution in [1.82, 2.24) is 0 Å². The lowest BCUT2D eigenvalue weighted by atomic mass is 9.99. The number of thioether (sulfide) groups is 1. The standard InChI is InChI=1S/C24H38O11S/c1-15(25)31-14-19-21(32-16(2)26)22(33-17(3)27)23(34-18(4)28)24(35-19)36-13-11-9-7-6-8-10-12-20(29)30-5/h19,21-24H,6-14H2,1-5H3/t19-,21-,22-,23-,24+/m1/s1. The van der Waals surface area contributed by atoms with Gasteiger partial charge in [-0.15, -0.1) is 11.8 Å². The molecular formula is C24H38O11S. The molecule has 0 unspecified atom stereocenters. The maximum absolute atomic E-state index is 11.9. The van der Waals surface area contributed by atoms with Crippen LogP contribution in [0.15, 0.2) is 0 Å². The van der Waals surface area contributed by atoms with E-state index in [0.717, 1.165) is 38.5 Å². The summed E-state index contributed by atoms with van der Waals surface area (Å²) in [5, 5.41) is 0. The zero-order chi connectivity index (χ0) is 27.1. The van der Waals surface area contributed by atoms with Gasteiger partial charge >= 0.3 is 29.8 Å². The molecule has 5 atom stereocenters. The smallest absolute Gasteiger partial charge is 0.305 e. The number of carbonyl (C=O) groups excluding carboxylic acids is 5. The number of methoxy groups -OCH3 is 1. The van der Waals surface area contributed by atoms with Gasteiger partial charge in [0, 0.05) is 34.1 Å². The molecule has 0 N–H and O–H groups in total. The summed E-state index contributed by atoms with van der Waals surface area (Å²) in [6.07, 6.45) is 1.73. The van der Waals surface area contributed by atoms with Crippen molar-refractivity contribution in [2.45, 2.75) is 102 Å². The summed E-state index contributed by atoms with van der Waals surface area (Å²) in [6, 6.07) is 0. The van der Waals surface area contributed by atoms with E-state index in [9.17, 15) is 24.0 Å². The van der Waals surface area contributed by atoms with Gasteiger partial charge in [0.05, 0.1) is 7.11 Å². The number of esters is 5. The van der Waals surface area contributed by atoms with Crippen LogP contribution in [0, 0.1) is 0 Å². The van der Waals surface area contributed by atoms with Crippen LogP contribution < -0.4 is 0 Å². The molecule has 0 aromatic carbocycles. The molecule has 0 saturated carbocycles. The van der Waals surface area contributed by atoms with E-state index >= 15 is 0 Å². The van der Waals surface area contributed by atoms with E-state index in [0.29, 0.717) is 12.2 Å². The number of hydrogen-bond donors (Lipinski definition) is 0. The number of hydrogen-bond acceptors (Lipinski definition) is 12. The molecule has 0 aromatic rings. The zero-order valence-corrected chi connectivity index (χ0v) is 22.5. The molecular weight excluding hydrogens is 496 g/mol. The van der Waals surface area contributed by atoms with Crippen molar-refractivity contribution >= 4 is 41.6 Å². The van der Waals surface area contributed by atoms with Crippen molar-refractivity contribution in [1.29, 1.82) is 0 Å². The molecule has 1 heterocycles. The van der Waals surface area contributed by atoms with Gasteiger partial charge in [-0.25, -0.2) is 0 Å². The minimum absolute atomic E-state index is 0.198. The van der Waals surface area contributed by atoms with E-state index in [2.05, 4.69) is 4.74 Å². The van der Waals surface area contributed by atoms with Crippen LogP contribution in [0.2, 0.25) is 0 Å². The van der Waals surface area contributed by atoms with Crippen LogP contribution in [0.4, 0.5) is 0 Å². The third-order valence-corrected chi connectivity index (χ3v) is 6.47. The summed E-state index contributed by atoms with van der Waals surface area (Å²) in [5.74, 6) is -2.02. The Kier molecular flexibility index (Phi) is 15.1. The first-order chi connectivity index (χ1) is 17.0. The largest absolute Gasteiger partial charge is 0.469 e. The highest BCUT2D eigenvalue weighted by atomic mass is 32.2. The van der Waals surface area contributed by atoms with Gasteiger partial charge in [-0.1, -0.05) is 25.7 Å². The first-order valence-corrected chi connectivity index (χ1v) is 13.1. The van der Waals surface area contributed by atoms with Crippen LogP contribution >= 0.6 is 11.8 Å². The molecule has 1 fully saturated rings. The maximum atomic E-state index is 11.9. The monoisotopic (exact) mass is 534 g/mol. The second-order valence-corrected chi connectivity index (χ2v) is 9.59. The lowest BCUT2D eigenvalue weighted by molar-refractivity contribution is -0.237. The van der Waals surface area contributed by atoms with Gasteiger partial charge in [-0.2, -0.15) is 0 Å². The summed E-state index contributed by atoms with van der Waals surface area (Å²) < 4.78 is 32.0. The molecule has 12 heteroatoms. The third kappa shape index (κ3) is 12.6. The first kappa shape index (κ1) is 31.7. The van der Waals surface area contributed by atoms with Gasteiger partial charge in [-0.3, -0.25) is 24.0 Å². The normalized spacial score (nSPS) is 23.3. The van der Waals surface area contributed by atoms with Gasteiger partial charge in [-0.05, 0) is 18.6 Å². The molecule has 1 aliphatic heterocycles. The second-order valence-electron chi connectivity index (χ2n) is 8.39. The SMILES string of the molecule is COC(=O)CCCCCCCCS[C@@H]1O[C@H](COC(C)=O)[C@@H](OC(C)=O)[C@@H](OC(C)=O)[C@H]1OC(C)=O. The van der Waals surface area contributed by atoms with Crippen LogP contribution in [0.5, 0.6) is 0 Å². The zero-order valence-electron chi connectivity index (χ0n) is 21.6.